The molecule has 0 spiro atoms. The van der Waals surface area contributed by atoms with Gasteiger partial charge in [-0.1, -0.05) is 30.3 Å². The molecule has 9 nitrogen and oxygen atoms in total. The van der Waals surface area contributed by atoms with Gasteiger partial charge >= 0.3 is 0 Å². The topological polar surface area (TPSA) is 87.8 Å². The Balaban J connectivity index is 1.38. The van der Waals surface area contributed by atoms with Crippen LogP contribution in [0, 0.1) is 0 Å². The van der Waals surface area contributed by atoms with E-state index >= 15 is 0 Å². The maximum Gasteiger partial charge on any atom is 0.290 e. The number of nitrogens with zero attached hydrogens (tertiary/aromatic N) is 4. The van der Waals surface area contributed by atoms with Crippen molar-refractivity contribution in [2.75, 3.05) is 53.0 Å². The number of furan rings is 1. The quantitative estimate of drug-likeness (QED) is 0.433. The maximum absolute atomic E-state index is 13.8. The van der Waals surface area contributed by atoms with Crippen molar-refractivity contribution in [3.05, 3.63) is 89.9 Å². The number of ether oxygens (including phenoxy) is 2. The molecule has 0 N–H and O–H groups in total. The molecule has 1 atom stereocenters. The highest BCUT2D eigenvalue weighted by molar-refractivity contribution is 6.03. The average molecular weight is 517 g/mol. The van der Waals surface area contributed by atoms with Crippen molar-refractivity contribution in [1.29, 1.82) is 0 Å². The van der Waals surface area contributed by atoms with E-state index in [2.05, 4.69) is 4.90 Å². The monoisotopic (exact) mass is 516 g/mol. The summed E-state index contributed by atoms with van der Waals surface area (Å²) in [4.78, 5) is 30.9. The smallest absolute Gasteiger partial charge is 0.290 e. The Labute approximate surface area is 222 Å². The largest absolute Gasteiger partial charge is 0.497 e. The van der Waals surface area contributed by atoms with Gasteiger partial charge in [0.25, 0.3) is 11.8 Å². The van der Waals surface area contributed by atoms with Crippen LogP contribution in [0.15, 0.2) is 82.5 Å². The summed E-state index contributed by atoms with van der Waals surface area (Å²) in [5.74, 6) is 0.408. The van der Waals surface area contributed by atoms with Gasteiger partial charge in [0, 0.05) is 32.6 Å². The van der Waals surface area contributed by atoms with E-state index in [4.69, 9.17) is 19.0 Å². The summed E-state index contributed by atoms with van der Waals surface area (Å²) >= 11 is 0. The third-order valence-electron chi connectivity index (χ3n) is 6.91. The minimum atomic E-state index is -0.313. The maximum atomic E-state index is 13.8. The van der Waals surface area contributed by atoms with Gasteiger partial charge in [-0.2, -0.15) is 5.10 Å². The minimum Gasteiger partial charge on any atom is -0.497 e. The molecule has 3 aromatic rings. The molecule has 2 amide bonds. The fourth-order valence-electron chi connectivity index (χ4n) is 4.76. The summed E-state index contributed by atoms with van der Waals surface area (Å²) < 4.78 is 16.1. The van der Waals surface area contributed by atoms with Crippen molar-refractivity contribution in [3.63, 3.8) is 0 Å². The van der Waals surface area contributed by atoms with E-state index in [0.717, 1.165) is 35.7 Å². The first kappa shape index (κ1) is 25.7. The van der Waals surface area contributed by atoms with Crippen LogP contribution >= 0.6 is 0 Å². The summed E-state index contributed by atoms with van der Waals surface area (Å²) in [6.45, 7) is 3.87. The van der Waals surface area contributed by atoms with Gasteiger partial charge in [-0.05, 0) is 47.5 Å². The fourth-order valence-corrected chi connectivity index (χ4v) is 4.76. The van der Waals surface area contributed by atoms with Crippen molar-refractivity contribution < 1.29 is 23.5 Å². The Morgan fingerprint density at radius 2 is 1.79 bits per heavy atom. The number of carbonyl (C=O) groups excluding carboxylic acids is 2. The highest BCUT2D eigenvalue weighted by Crippen LogP contribution is 2.33. The molecular weight excluding hydrogens is 484 g/mol. The highest BCUT2D eigenvalue weighted by atomic mass is 16.5. The van der Waals surface area contributed by atoms with E-state index in [0.29, 0.717) is 32.7 Å². The van der Waals surface area contributed by atoms with Gasteiger partial charge in [-0.15, -0.1) is 0 Å². The van der Waals surface area contributed by atoms with E-state index in [9.17, 15) is 9.59 Å². The van der Waals surface area contributed by atoms with Crippen molar-refractivity contribution in [1.82, 2.24) is 14.8 Å². The molecule has 0 bridgehead atoms. The molecule has 198 valence electrons. The molecule has 1 saturated heterocycles. The third-order valence-corrected chi connectivity index (χ3v) is 6.91. The molecule has 0 aliphatic carbocycles. The number of hydrazone groups is 1. The van der Waals surface area contributed by atoms with E-state index in [1.807, 2.05) is 54.6 Å². The Hall–Kier alpha value is -3.95. The molecule has 2 aliphatic rings. The number of carbonyl (C=O) groups is 2. The zero-order valence-corrected chi connectivity index (χ0v) is 21.5. The molecule has 38 heavy (non-hydrogen) atoms. The summed E-state index contributed by atoms with van der Waals surface area (Å²) in [5, 5.41) is 6.30. The second-order valence-electron chi connectivity index (χ2n) is 9.30. The molecule has 1 unspecified atom stereocenters. The third kappa shape index (κ3) is 5.95. The fraction of sp³-hybridized carbons (Fsp3) is 0.345. The molecule has 3 heterocycles. The van der Waals surface area contributed by atoms with Crippen LogP contribution in [-0.2, 0) is 9.53 Å². The van der Waals surface area contributed by atoms with Gasteiger partial charge in [0.15, 0.2) is 5.76 Å². The number of hydrogen-bond donors (Lipinski definition) is 0. The van der Waals surface area contributed by atoms with E-state index in [1.165, 1.54) is 11.3 Å². The van der Waals surface area contributed by atoms with Gasteiger partial charge < -0.3 is 18.8 Å². The second-order valence-corrected chi connectivity index (χ2v) is 9.30. The predicted molar refractivity (Wildman–Crippen MR) is 142 cm³/mol. The molecule has 9 heteroatoms. The van der Waals surface area contributed by atoms with Gasteiger partial charge in [0.1, 0.15) is 12.3 Å². The van der Waals surface area contributed by atoms with Gasteiger partial charge in [-0.3, -0.25) is 14.5 Å². The molecule has 2 aromatic carbocycles. The van der Waals surface area contributed by atoms with Gasteiger partial charge in [-0.25, -0.2) is 5.01 Å². The second kappa shape index (κ2) is 12.1. The molecular formula is C29H32N4O5. The number of morpholine rings is 1. The lowest BCUT2D eigenvalue weighted by Crippen LogP contribution is -2.46. The van der Waals surface area contributed by atoms with E-state index in [-0.39, 0.29) is 30.2 Å². The highest BCUT2D eigenvalue weighted by Gasteiger charge is 2.35. The van der Waals surface area contributed by atoms with Gasteiger partial charge in [0.2, 0.25) is 0 Å². The number of hydrogen-bond acceptors (Lipinski definition) is 7. The van der Waals surface area contributed by atoms with E-state index < -0.39 is 0 Å². The standard InChI is InChI=1S/C29H32N4O5/c1-36-24-11-9-22(10-12-24)25-20-26(23-6-3-2-4-7-23)33(30-25)28(34)21-32(29(35)27-8-5-17-38-27)14-13-31-15-18-37-19-16-31/h2-12,17,26H,13-16,18-21H2,1H3. The first-order chi connectivity index (χ1) is 18.6. The van der Waals surface area contributed by atoms with E-state index in [1.54, 1.807) is 24.1 Å². The summed E-state index contributed by atoms with van der Waals surface area (Å²) in [6.07, 6.45) is 2.04. The first-order valence-electron chi connectivity index (χ1n) is 12.8. The minimum absolute atomic E-state index is 0.105. The van der Waals surface area contributed by atoms with Crippen LogP contribution in [0.5, 0.6) is 5.75 Å². The Bertz CT molecular complexity index is 1240. The Morgan fingerprint density at radius 1 is 1.03 bits per heavy atom. The summed E-state index contributed by atoms with van der Waals surface area (Å²) in [7, 11) is 1.63. The number of benzene rings is 2. The summed E-state index contributed by atoms with van der Waals surface area (Å²) in [5.41, 5.74) is 2.73. The normalized spacial score (nSPS) is 17.8. The lowest BCUT2D eigenvalue weighted by atomic mass is 9.98. The molecule has 0 radical (unpaired) electrons. The van der Waals surface area contributed by atoms with Crippen LogP contribution in [-0.4, -0.2) is 85.4 Å². The molecule has 2 aliphatic heterocycles. The van der Waals surface area contributed by atoms with Gasteiger partial charge in [0.05, 0.1) is 38.3 Å². The number of rotatable bonds is 9. The Kier molecular flexibility index (Phi) is 8.15. The molecule has 1 fully saturated rings. The zero-order valence-electron chi connectivity index (χ0n) is 21.5. The van der Waals surface area contributed by atoms with Crippen molar-refractivity contribution in [2.45, 2.75) is 12.5 Å². The van der Waals surface area contributed by atoms with Crippen LogP contribution in [0.25, 0.3) is 0 Å². The van der Waals surface area contributed by atoms with Crippen LogP contribution < -0.4 is 4.74 Å². The molecule has 1 aromatic heterocycles. The number of methoxy groups -OCH3 is 1. The van der Waals surface area contributed by atoms with Crippen LogP contribution in [0.4, 0.5) is 0 Å². The SMILES string of the molecule is COc1ccc(C2=NN(C(=O)CN(CCN3CCOCC3)C(=O)c3ccco3)C(c3ccccc3)C2)cc1. The molecule has 0 saturated carbocycles. The predicted octanol–water partition coefficient (Wildman–Crippen LogP) is 3.44. The lowest BCUT2D eigenvalue weighted by Gasteiger charge is -2.30. The summed E-state index contributed by atoms with van der Waals surface area (Å²) in [6, 6.07) is 20.6. The first-order valence-corrected chi connectivity index (χ1v) is 12.8. The van der Waals surface area contributed by atoms with Crippen molar-refractivity contribution in [3.8, 4) is 5.75 Å². The lowest BCUT2D eigenvalue weighted by molar-refractivity contribution is -0.133. The zero-order chi connectivity index (χ0) is 26.3. The molecule has 5 rings (SSSR count). The van der Waals surface area contributed by atoms with Crippen LogP contribution in [0.3, 0.4) is 0 Å². The van der Waals surface area contributed by atoms with Crippen molar-refractivity contribution in [2.24, 2.45) is 5.10 Å². The van der Waals surface area contributed by atoms with Crippen LogP contribution in [0.1, 0.15) is 34.1 Å². The van der Waals surface area contributed by atoms with Crippen LogP contribution in [0.2, 0.25) is 0 Å². The number of amides is 2. The Morgan fingerprint density at radius 3 is 2.47 bits per heavy atom. The average Bonchev–Trinajstić information content (AvgIpc) is 3.67. The van der Waals surface area contributed by atoms with Crippen molar-refractivity contribution >= 4 is 17.5 Å².